The molecule has 13 nitrogen and oxygen atoms in total. The SMILES string of the molecule is Cc1ccc(NC(=O)C2(c3ccc4c(c3)OC(F)(F)O4)CC2)nc1-c1cccc(C(=O)NCCOCC#Cc2cnn(CCC#Cc3ccc(OCc4ccc(F)c(C(F)(F)F)c4)c(CNCCO)c3)c2)c1. The fraction of sp³-hybridized carbons (Fsp3) is 0.283. The second-order valence-corrected chi connectivity index (χ2v) is 16.8. The van der Waals surface area contributed by atoms with Crippen molar-refractivity contribution in [1.82, 2.24) is 25.4 Å². The summed E-state index contributed by atoms with van der Waals surface area (Å²) in [5, 5.41) is 22.3. The van der Waals surface area contributed by atoms with Crippen LogP contribution in [0.2, 0.25) is 0 Å². The van der Waals surface area contributed by atoms with Gasteiger partial charge in [-0.1, -0.05) is 54.0 Å². The summed E-state index contributed by atoms with van der Waals surface area (Å²) >= 11 is 0. The van der Waals surface area contributed by atoms with Gasteiger partial charge in [0.25, 0.3) is 5.91 Å². The van der Waals surface area contributed by atoms with E-state index >= 15 is 0 Å². The van der Waals surface area contributed by atoms with E-state index < -0.39 is 29.3 Å². The highest BCUT2D eigenvalue weighted by Gasteiger charge is 2.53. The van der Waals surface area contributed by atoms with Gasteiger partial charge in [-0.15, -0.1) is 8.78 Å². The summed E-state index contributed by atoms with van der Waals surface area (Å²) in [7, 11) is 0. The zero-order valence-electron chi connectivity index (χ0n) is 38.6. The molecule has 2 aliphatic rings. The molecule has 2 aromatic heterocycles. The number of aliphatic hydroxyl groups is 1. The summed E-state index contributed by atoms with van der Waals surface area (Å²) in [6.07, 6.45) is -3.70. The van der Waals surface area contributed by atoms with Gasteiger partial charge < -0.3 is 40.0 Å². The molecule has 4 aromatic carbocycles. The molecule has 0 bridgehead atoms. The van der Waals surface area contributed by atoms with Gasteiger partial charge in [-0.25, -0.2) is 9.37 Å². The molecular weight excluding hydrogens is 947 g/mol. The second-order valence-electron chi connectivity index (χ2n) is 16.8. The number of halogens is 6. The smallest absolute Gasteiger partial charge is 0.489 e. The Morgan fingerprint density at radius 1 is 0.917 bits per heavy atom. The summed E-state index contributed by atoms with van der Waals surface area (Å²) in [6, 6.07) is 22.7. The molecule has 372 valence electrons. The Labute approximate surface area is 409 Å². The van der Waals surface area contributed by atoms with E-state index in [4.69, 9.17) is 14.5 Å². The molecule has 1 aliphatic carbocycles. The van der Waals surface area contributed by atoms with E-state index in [1.165, 1.54) is 18.2 Å². The quantitative estimate of drug-likeness (QED) is 0.0375. The summed E-state index contributed by atoms with van der Waals surface area (Å²) in [5.74, 6) is 10.6. The van der Waals surface area contributed by atoms with Crippen LogP contribution in [0.15, 0.2) is 103 Å². The van der Waals surface area contributed by atoms with Crippen molar-refractivity contribution < 1.29 is 60.0 Å². The monoisotopic (exact) mass is 992 g/mol. The lowest BCUT2D eigenvalue weighted by molar-refractivity contribution is -0.286. The number of nitrogens with one attached hydrogen (secondary N) is 3. The summed E-state index contributed by atoms with van der Waals surface area (Å²) in [6.45, 7) is 3.18. The highest BCUT2D eigenvalue weighted by molar-refractivity contribution is 6.01. The minimum absolute atomic E-state index is 0.0972. The number of hydrogen-bond acceptors (Lipinski definition) is 10. The van der Waals surface area contributed by atoms with Crippen molar-refractivity contribution in [3.05, 3.63) is 154 Å². The Hall–Kier alpha value is -7.84. The van der Waals surface area contributed by atoms with Crippen molar-refractivity contribution in [3.8, 4) is 52.2 Å². The van der Waals surface area contributed by atoms with E-state index in [9.17, 15) is 41.0 Å². The summed E-state index contributed by atoms with van der Waals surface area (Å²) in [5.41, 5.74) is 2.84. The molecule has 0 unspecified atom stereocenters. The van der Waals surface area contributed by atoms with E-state index in [-0.39, 0.29) is 61.8 Å². The fourth-order valence-corrected chi connectivity index (χ4v) is 7.72. The standard InChI is InChI=1S/C53H46F6N6O7/c1-34-10-17-47(64-50(68)51(18-19-51)41-13-16-45-46(29-41)72-53(58,59)71-45)63-48(34)38-8-4-9-39(28-38)49(67)61-21-25-69-24-5-7-37-30-62-65(32-37)22-3-2-6-35-12-15-44(40(26-35)31-60-20-23-66)70-33-36-11-14-43(54)42(27-36)52(55,56)57/h4,8-17,26-30,32,60,66H,3,18-25,31,33H2,1H3,(H,61,67)(H,63,64,68). The first-order valence-corrected chi connectivity index (χ1v) is 22.7. The number of fused-ring (bicyclic) bond motifs is 1. The van der Waals surface area contributed by atoms with Crippen molar-refractivity contribution >= 4 is 17.6 Å². The first-order chi connectivity index (χ1) is 34.6. The van der Waals surface area contributed by atoms with Crippen molar-refractivity contribution in [2.45, 2.75) is 63.8 Å². The Kier molecular flexibility index (Phi) is 15.5. The highest BCUT2D eigenvalue weighted by atomic mass is 19.4. The predicted octanol–water partition coefficient (Wildman–Crippen LogP) is 8.30. The van der Waals surface area contributed by atoms with E-state index in [0.717, 1.165) is 17.7 Å². The lowest BCUT2D eigenvalue weighted by Gasteiger charge is -2.17. The third kappa shape index (κ3) is 12.7. The van der Waals surface area contributed by atoms with Crippen molar-refractivity contribution in [1.29, 1.82) is 0 Å². The number of ether oxygens (including phenoxy) is 4. The first kappa shape index (κ1) is 50.5. The molecule has 72 heavy (non-hydrogen) atoms. The van der Waals surface area contributed by atoms with Gasteiger partial charge in [0.1, 0.15) is 30.6 Å². The molecule has 2 amide bonds. The van der Waals surface area contributed by atoms with Crippen LogP contribution in [0, 0.1) is 36.4 Å². The molecule has 1 aliphatic heterocycles. The summed E-state index contributed by atoms with van der Waals surface area (Å²) < 4.78 is 103. The number of alkyl halides is 5. The Morgan fingerprint density at radius 2 is 1.74 bits per heavy atom. The number of benzene rings is 4. The summed E-state index contributed by atoms with van der Waals surface area (Å²) in [4.78, 5) is 31.3. The molecule has 3 heterocycles. The van der Waals surface area contributed by atoms with E-state index in [0.29, 0.717) is 89.5 Å². The van der Waals surface area contributed by atoms with Gasteiger partial charge in [0.05, 0.1) is 48.2 Å². The van der Waals surface area contributed by atoms with Crippen LogP contribution in [0.1, 0.15) is 68.6 Å². The van der Waals surface area contributed by atoms with Crippen LogP contribution in [0.4, 0.5) is 32.2 Å². The second kappa shape index (κ2) is 22.1. The van der Waals surface area contributed by atoms with Gasteiger partial charge in [-0.3, -0.25) is 14.3 Å². The van der Waals surface area contributed by atoms with Crippen molar-refractivity contribution in [3.63, 3.8) is 0 Å². The topological polar surface area (TPSA) is 158 Å². The normalized spacial score (nSPS) is 13.8. The maximum absolute atomic E-state index is 13.8. The first-order valence-electron chi connectivity index (χ1n) is 22.7. The average molecular weight is 993 g/mol. The maximum atomic E-state index is 13.8. The van der Waals surface area contributed by atoms with Crippen LogP contribution >= 0.6 is 0 Å². The van der Waals surface area contributed by atoms with Gasteiger partial charge in [0, 0.05) is 54.5 Å². The molecule has 0 atom stereocenters. The molecule has 1 fully saturated rings. The minimum atomic E-state index is -4.84. The number of rotatable bonds is 18. The number of amides is 2. The number of aliphatic hydroxyl groups excluding tert-OH is 1. The largest absolute Gasteiger partial charge is 0.586 e. The minimum Gasteiger partial charge on any atom is -0.489 e. The Bertz CT molecular complexity index is 3100. The van der Waals surface area contributed by atoms with Gasteiger partial charge in [0.15, 0.2) is 11.5 Å². The molecule has 6 aromatic rings. The van der Waals surface area contributed by atoms with Crippen LogP contribution in [0.3, 0.4) is 0 Å². The molecule has 1 saturated carbocycles. The van der Waals surface area contributed by atoms with E-state index in [1.54, 1.807) is 65.6 Å². The van der Waals surface area contributed by atoms with Gasteiger partial charge in [0.2, 0.25) is 5.91 Å². The molecule has 4 N–H and O–H groups in total. The number of anilines is 1. The average Bonchev–Trinajstić information content (AvgIpc) is 3.94. The molecule has 0 saturated heterocycles. The van der Waals surface area contributed by atoms with Gasteiger partial charge >= 0.3 is 12.5 Å². The zero-order valence-corrected chi connectivity index (χ0v) is 38.6. The number of carbonyl (C=O) groups excluding carboxylic acids is 2. The Balaban J connectivity index is 0.767. The molecule has 0 radical (unpaired) electrons. The number of aromatic nitrogens is 3. The molecule has 0 spiro atoms. The maximum Gasteiger partial charge on any atom is 0.586 e. The molecule has 19 heteroatoms. The van der Waals surface area contributed by atoms with Crippen molar-refractivity contribution in [2.75, 3.05) is 38.2 Å². The number of hydrogen-bond donors (Lipinski definition) is 4. The number of aryl methyl sites for hydroxylation is 2. The number of carbonyl (C=O) groups is 2. The van der Waals surface area contributed by atoms with E-state index in [2.05, 4.69) is 54.2 Å². The van der Waals surface area contributed by atoms with Crippen molar-refractivity contribution in [2.24, 2.45) is 0 Å². The predicted molar refractivity (Wildman–Crippen MR) is 251 cm³/mol. The van der Waals surface area contributed by atoms with Crippen LogP contribution < -0.4 is 30.2 Å². The van der Waals surface area contributed by atoms with E-state index in [1.807, 2.05) is 19.1 Å². The molecular formula is C53H46F6N6O7. The Morgan fingerprint density at radius 3 is 2.54 bits per heavy atom. The van der Waals surface area contributed by atoms with Crippen LogP contribution in [0.5, 0.6) is 17.2 Å². The van der Waals surface area contributed by atoms with Crippen LogP contribution in [-0.2, 0) is 40.8 Å². The number of nitrogens with zero attached hydrogens (tertiary/aromatic N) is 3. The zero-order chi connectivity index (χ0) is 50.9. The third-order valence-corrected chi connectivity index (χ3v) is 11.5. The fourth-order valence-electron chi connectivity index (χ4n) is 7.72. The van der Waals surface area contributed by atoms with Gasteiger partial charge in [-0.2, -0.15) is 18.3 Å². The lowest BCUT2D eigenvalue weighted by atomic mass is 9.94. The third-order valence-electron chi connectivity index (χ3n) is 11.5. The van der Waals surface area contributed by atoms with Gasteiger partial charge in [-0.05, 0) is 97.1 Å². The highest BCUT2D eigenvalue weighted by Crippen LogP contribution is 2.52. The lowest BCUT2D eigenvalue weighted by Crippen LogP contribution is -2.28. The van der Waals surface area contributed by atoms with Crippen LogP contribution in [0.25, 0.3) is 11.3 Å². The van der Waals surface area contributed by atoms with Crippen LogP contribution in [-0.4, -0.2) is 70.9 Å². The number of pyridine rings is 1. The molecule has 8 rings (SSSR count).